The average Bonchev–Trinajstić information content (AvgIpc) is 2.82. The van der Waals surface area contributed by atoms with E-state index in [-0.39, 0.29) is 17.1 Å². The van der Waals surface area contributed by atoms with Gasteiger partial charge in [-0.05, 0) is 43.9 Å². The second kappa shape index (κ2) is 4.46. The van der Waals surface area contributed by atoms with Crippen LogP contribution in [0.5, 0.6) is 0 Å². The van der Waals surface area contributed by atoms with Gasteiger partial charge in [-0.15, -0.1) is 0 Å². The molecule has 1 unspecified atom stereocenters. The van der Waals surface area contributed by atoms with Crippen molar-refractivity contribution >= 4 is 17.9 Å². The minimum Gasteiger partial charge on any atom is -0.299 e. The minimum atomic E-state index is -0.666. The predicted molar refractivity (Wildman–Crippen MR) is 78.5 cm³/mol. The number of amides is 1. The lowest BCUT2D eigenvalue weighted by atomic mass is 9.33. The predicted octanol–water partition coefficient (Wildman–Crippen LogP) is 2.98. The van der Waals surface area contributed by atoms with E-state index in [1.807, 2.05) is 0 Å². The van der Waals surface area contributed by atoms with E-state index in [1.165, 1.54) is 17.1 Å². The number of hydrazone groups is 1. The first kappa shape index (κ1) is 14.5. The summed E-state index contributed by atoms with van der Waals surface area (Å²) in [6.45, 7) is 1.57. The summed E-state index contributed by atoms with van der Waals surface area (Å²) in [6.07, 6.45) is 3.75. The molecule has 1 aromatic carbocycles. The van der Waals surface area contributed by atoms with Gasteiger partial charge in [0.25, 0.3) is 0 Å². The summed E-state index contributed by atoms with van der Waals surface area (Å²) in [4.78, 5) is 24.4. The molecule has 3 saturated carbocycles. The molecule has 1 aromatic rings. The van der Waals surface area contributed by atoms with Crippen LogP contribution in [0.15, 0.2) is 23.3 Å². The first-order valence-electron chi connectivity index (χ1n) is 7.68. The lowest BCUT2D eigenvalue weighted by molar-refractivity contribution is -0.214. The van der Waals surface area contributed by atoms with E-state index in [9.17, 15) is 18.4 Å². The molecule has 6 heteroatoms. The van der Waals surface area contributed by atoms with Gasteiger partial charge in [0, 0.05) is 24.1 Å². The third-order valence-corrected chi connectivity index (χ3v) is 5.54. The molecule has 23 heavy (non-hydrogen) atoms. The molecule has 1 aliphatic heterocycles. The van der Waals surface area contributed by atoms with Crippen LogP contribution in [0.25, 0.3) is 0 Å². The highest BCUT2D eigenvalue weighted by Crippen LogP contribution is 2.74. The summed E-state index contributed by atoms with van der Waals surface area (Å²) in [5.41, 5.74) is -0.405. The van der Waals surface area contributed by atoms with Gasteiger partial charge >= 0.3 is 0 Å². The molecule has 4 nitrogen and oxygen atoms in total. The summed E-state index contributed by atoms with van der Waals surface area (Å²) in [7, 11) is 0. The van der Waals surface area contributed by atoms with E-state index in [2.05, 4.69) is 5.10 Å². The van der Waals surface area contributed by atoms with Gasteiger partial charge in [-0.1, -0.05) is 0 Å². The number of carbonyl (C=O) groups excluding carboxylic acids is 2. The molecule has 0 radical (unpaired) electrons. The van der Waals surface area contributed by atoms with E-state index in [1.54, 1.807) is 13.1 Å². The van der Waals surface area contributed by atoms with Gasteiger partial charge in [-0.25, -0.2) is 13.8 Å². The van der Waals surface area contributed by atoms with Crippen molar-refractivity contribution in [1.29, 1.82) is 0 Å². The van der Waals surface area contributed by atoms with Gasteiger partial charge in [0.1, 0.15) is 17.4 Å². The molecule has 1 heterocycles. The maximum atomic E-state index is 13.4. The van der Waals surface area contributed by atoms with E-state index < -0.39 is 23.1 Å². The molecular weight excluding hydrogens is 302 g/mol. The van der Waals surface area contributed by atoms with Gasteiger partial charge in [-0.3, -0.25) is 9.59 Å². The standard InChI is InChI=1S/C17H16F2N2O2/c1-10(22)16-7-17(8-16,9-16)15(23)21-14(2-3-20-21)11-4-12(18)6-13(19)5-11/h3-6,14H,2,7-9H2,1H3. The number of hydrogen-bond donors (Lipinski definition) is 0. The quantitative estimate of drug-likeness (QED) is 0.860. The van der Waals surface area contributed by atoms with Crippen LogP contribution in [-0.4, -0.2) is 22.9 Å². The number of Topliss-reactive ketones (excluding diaryl/α,β-unsaturated/α-hetero) is 1. The fourth-order valence-electron chi connectivity index (χ4n) is 4.29. The van der Waals surface area contributed by atoms with Crippen LogP contribution in [0.4, 0.5) is 8.78 Å². The maximum Gasteiger partial charge on any atom is 0.249 e. The fraction of sp³-hybridized carbons (Fsp3) is 0.471. The molecule has 0 saturated heterocycles. The Morgan fingerprint density at radius 3 is 2.30 bits per heavy atom. The van der Waals surface area contributed by atoms with Crippen molar-refractivity contribution in [1.82, 2.24) is 5.01 Å². The summed E-state index contributed by atoms with van der Waals surface area (Å²) in [6, 6.07) is 2.81. The zero-order chi connectivity index (χ0) is 16.4. The highest BCUT2D eigenvalue weighted by Gasteiger charge is 2.74. The Kier molecular flexibility index (Phi) is 2.81. The highest BCUT2D eigenvalue weighted by molar-refractivity contribution is 5.96. The average molecular weight is 318 g/mol. The van der Waals surface area contributed by atoms with Gasteiger partial charge in [0.15, 0.2) is 0 Å². The molecular formula is C17H16F2N2O2. The van der Waals surface area contributed by atoms with Crippen LogP contribution in [0.2, 0.25) is 0 Å². The van der Waals surface area contributed by atoms with Crippen molar-refractivity contribution in [3.8, 4) is 0 Å². The molecule has 3 aliphatic carbocycles. The van der Waals surface area contributed by atoms with Gasteiger partial charge < -0.3 is 0 Å². The Bertz CT molecular complexity index is 719. The zero-order valence-electron chi connectivity index (χ0n) is 12.7. The molecule has 120 valence electrons. The normalized spacial score (nSPS) is 34.0. The van der Waals surface area contributed by atoms with Crippen molar-refractivity contribution in [3.63, 3.8) is 0 Å². The largest absolute Gasteiger partial charge is 0.299 e. The fourth-order valence-corrected chi connectivity index (χ4v) is 4.29. The lowest BCUT2D eigenvalue weighted by Crippen LogP contribution is -2.70. The SMILES string of the molecule is CC(=O)C12CC(C(=O)N3N=CCC3c3cc(F)cc(F)c3)(C1)C2. The van der Waals surface area contributed by atoms with Crippen LogP contribution in [0.1, 0.15) is 44.2 Å². The van der Waals surface area contributed by atoms with Crippen molar-refractivity contribution in [2.45, 2.75) is 38.6 Å². The highest BCUT2D eigenvalue weighted by atomic mass is 19.1. The molecule has 4 aliphatic rings. The Balaban J connectivity index is 1.56. The molecule has 1 atom stereocenters. The van der Waals surface area contributed by atoms with E-state index in [0.717, 1.165) is 6.07 Å². The second-order valence-corrected chi connectivity index (χ2v) is 7.05. The number of rotatable bonds is 3. The topological polar surface area (TPSA) is 49.7 Å². The Labute approximate surface area is 132 Å². The molecule has 2 bridgehead atoms. The van der Waals surface area contributed by atoms with Crippen LogP contribution in [0, 0.1) is 22.5 Å². The van der Waals surface area contributed by atoms with Gasteiger partial charge in [-0.2, -0.15) is 5.10 Å². The number of halogens is 2. The van der Waals surface area contributed by atoms with Gasteiger partial charge in [0.2, 0.25) is 5.91 Å². The third-order valence-electron chi connectivity index (χ3n) is 5.54. The van der Waals surface area contributed by atoms with Crippen molar-refractivity contribution in [2.75, 3.05) is 0 Å². The molecule has 1 amide bonds. The molecule has 3 fully saturated rings. The number of nitrogens with zero attached hydrogens (tertiary/aromatic N) is 2. The Morgan fingerprint density at radius 2 is 1.74 bits per heavy atom. The number of ketones is 1. The van der Waals surface area contributed by atoms with Crippen molar-refractivity contribution < 1.29 is 18.4 Å². The first-order valence-corrected chi connectivity index (χ1v) is 7.68. The van der Waals surface area contributed by atoms with Crippen molar-refractivity contribution in [2.24, 2.45) is 15.9 Å². The summed E-state index contributed by atoms with van der Waals surface area (Å²) < 4.78 is 26.9. The first-order chi connectivity index (χ1) is 10.9. The van der Waals surface area contributed by atoms with E-state index in [4.69, 9.17) is 0 Å². The monoisotopic (exact) mass is 318 g/mol. The molecule has 0 aromatic heterocycles. The molecule has 0 N–H and O–H groups in total. The van der Waals surface area contributed by atoms with Crippen LogP contribution in [-0.2, 0) is 9.59 Å². The van der Waals surface area contributed by atoms with Crippen molar-refractivity contribution in [3.05, 3.63) is 35.4 Å². The Hall–Kier alpha value is -2.11. The van der Waals surface area contributed by atoms with Gasteiger partial charge in [0.05, 0.1) is 11.5 Å². The minimum absolute atomic E-state index is 0.135. The maximum absolute atomic E-state index is 13.4. The van der Waals surface area contributed by atoms with Crippen LogP contribution < -0.4 is 0 Å². The molecule has 5 rings (SSSR count). The third kappa shape index (κ3) is 1.90. The van der Waals surface area contributed by atoms with E-state index >= 15 is 0 Å². The smallest absolute Gasteiger partial charge is 0.249 e. The number of hydrogen-bond acceptors (Lipinski definition) is 3. The number of benzene rings is 1. The van der Waals surface area contributed by atoms with Crippen LogP contribution in [0.3, 0.4) is 0 Å². The number of carbonyl (C=O) groups is 2. The summed E-state index contributed by atoms with van der Waals surface area (Å²) in [5.74, 6) is -1.33. The summed E-state index contributed by atoms with van der Waals surface area (Å²) >= 11 is 0. The van der Waals surface area contributed by atoms with E-state index in [0.29, 0.717) is 31.2 Å². The summed E-state index contributed by atoms with van der Waals surface area (Å²) in [5, 5.41) is 5.47. The zero-order valence-corrected chi connectivity index (χ0v) is 12.7. The Morgan fingerprint density at radius 1 is 1.13 bits per heavy atom. The second-order valence-electron chi connectivity index (χ2n) is 7.05. The molecule has 0 spiro atoms. The van der Waals surface area contributed by atoms with Crippen LogP contribution >= 0.6 is 0 Å². The lowest BCUT2D eigenvalue weighted by Gasteiger charge is -2.68.